The van der Waals surface area contributed by atoms with Gasteiger partial charge in [0.05, 0.1) is 10.9 Å². The van der Waals surface area contributed by atoms with Crippen LogP contribution in [0, 0.1) is 0 Å². The molecule has 0 aliphatic rings. The summed E-state index contributed by atoms with van der Waals surface area (Å²) < 4.78 is 1.31. The number of carbonyl (C=O) groups is 1. The summed E-state index contributed by atoms with van der Waals surface area (Å²) in [6.07, 6.45) is 1.76. The largest absolute Gasteiger partial charge is 0.350 e. The molecule has 3 aromatic carbocycles. The minimum absolute atomic E-state index is 0.0423. The van der Waals surface area contributed by atoms with E-state index in [2.05, 4.69) is 32.8 Å². The van der Waals surface area contributed by atoms with E-state index in [0.717, 1.165) is 12.8 Å². The van der Waals surface area contributed by atoms with Crippen molar-refractivity contribution in [1.29, 1.82) is 0 Å². The Morgan fingerprint density at radius 2 is 1.82 bits per heavy atom. The molecule has 1 atom stereocenters. The second kappa shape index (κ2) is 9.44. The molecule has 8 heteroatoms. The number of amides is 1. The molecule has 0 unspecified atom stereocenters. The maximum Gasteiger partial charge on any atom is 0.283 e. The second-order valence-corrected chi connectivity index (χ2v) is 9.10. The summed E-state index contributed by atoms with van der Waals surface area (Å²) in [6.45, 7) is 2.01. The molecule has 2 heterocycles. The van der Waals surface area contributed by atoms with Crippen molar-refractivity contribution >= 4 is 43.9 Å². The van der Waals surface area contributed by atoms with Crippen LogP contribution in [0.5, 0.6) is 0 Å². The average molecular weight is 470 g/mol. The van der Waals surface area contributed by atoms with Crippen LogP contribution in [0.2, 0.25) is 0 Å². The molecule has 1 amide bonds. The van der Waals surface area contributed by atoms with E-state index < -0.39 is 0 Å². The van der Waals surface area contributed by atoms with Gasteiger partial charge in [0, 0.05) is 17.3 Å². The van der Waals surface area contributed by atoms with Crippen LogP contribution in [0.3, 0.4) is 0 Å². The number of anilines is 2. The summed E-state index contributed by atoms with van der Waals surface area (Å²) in [5.74, 6) is -0.127. The highest BCUT2D eigenvalue weighted by molar-refractivity contribution is 7.20. The van der Waals surface area contributed by atoms with Crippen molar-refractivity contribution in [2.24, 2.45) is 0 Å². The molecular formula is C26H23N5O2S. The van der Waals surface area contributed by atoms with Crippen LogP contribution in [0.25, 0.3) is 15.9 Å². The second-order valence-electron chi connectivity index (χ2n) is 8.14. The Hall–Kier alpha value is -4.04. The molecule has 7 nitrogen and oxygen atoms in total. The molecule has 0 saturated carbocycles. The summed E-state index contributed by atoms with van der Waals surface area (Å²) in [5.41, 5.74) is 2.96. The maximum absolute atomic E-state index is 12.8. The Labute approximate surface area is 200 Å². The third-order valence-electron chi connectivity index (χ3n) is 5.57. The van der Waals surface area contributed by atoms with Crippen molar-refractivity contribution in [3.05, 3.63) is 100 Å². The maximum atomic E-state index is 12.8. The van der Waals surface area contributed by atoms with Crippen molar-refractivity contribution < 1.29 is 4.79 Å². The van der Waals surface area contributed by atoms with Gasteiger partial charge in [-0.05, 0) is 55.7 Å². The average Bonchev–Trinajstić information content (AvgIpc) is 3.26. The zero-order chi connectivity index (χ0) is 23.5. The van der Waals surface area contributed by atoms with Crippen molar-refractivity contribution in [2.75, 3.05) is 5.32 Å². The van der Waals surface area contributed by atoms with E-state index >= 15 is 0 Å². The topological polar surface area (TPSA) is 88.4 Å². The molecule has 0 saturated heterocycles. The van der Waals surface area contributed by atoms with Crippen LogP contribution in [-0.4, -0.2) is 26.5 Å². The first-order valence-corrected chi connectivity index (χ1v) is 11.9. The van der Waals surface area contributed by atoms with Gasteiger partial charge in [0.1, 0.15) is 0 Å². The quantitative estimate of drug-likeness (QED) is 0.358. The molecule has 170 valence electrons. The summed E-state index contributed by atoms with van der Waals surface area (Å²) in [6, 6.07) is 24.7. The first-order chi connectivity index (χ1) is 16.6. The van der Waals surface area contributed by atoms with E-state index in [1.165, 1.54) is 21.4 Å². The molecule has 34 heavy (non-hydrogen) atoms. The van der Waals surface area contributed by atoms with Gasteiger partial charge >= 0.3 is 0 Å². The van der Waals surface area contributed by atoms with E-state index in [4.69, 9.17) is 0 Å². The molecule has 2 aromatic heterocycles. The zero-order valence-electron chi connectivity index (χ0n) is 18.6. The molecule has 0 spiro atoms. The molecule has 2 N–H and O–H groups in total. The van der Waals surface area contributed by atoms with Gasteiger partial charge in [-0.15, -0.1) is 5.10 Å². The van der Waals surface area contributed by atoms with Gasteiger partial charge in [-0.3, -0.25) is 9.59 Å². The highest BCUT2D eigenvalue weighted by atomic mass is 32.1. The minimum Gasteiger partial charge on any atom is -0.350 e. The number of hydrogen-bond acceptors (Lipinski definition) is 6. The van der Waals surface area contributed by atoms with Crippen LogP contribution in [0.1, 0.15) is 29.3 Å². The summed E-state index contributed by atoms with van der Waals surface area (Å²) in [4.78, 5) is 30.6. The van der Waals surface area contributed by atoms with Gasteiger partial charge in [0.2, 0.25) is 10.1 Å². The smallest absolute Gasteiger partial charge is 0.283 e. The van der Waals surface area contributed by atoms with Crippen molar-refractivity contribution in [3.8, 4) is 0 Å². The van der Waals surface area contributed by atoms with Crippen molar-refractivity contribution in [3.63, 3.8) is 0 Å². The van der Waals surface area contributed by atoms with Gasteiger partial charge in [-0.1, -0.05) is 59.9 Å². The molecular weight excluding hydrogens is 446 g/mol. The van der Waals surface area contributed by atoms with E-state index in [0.29, 0.717) is 32.2 Å². The lowest BCUT2D eigenvalue weighted by atomic mass is 10.1. The molecule has 0 aliphatic heterocycles. The third kappa shape index (κ3) is 4.67. The summed E-state index contributed by atoms with van der Waals surface area (Å²) >= 11 is 1.28. The fourth-order valence-corrected chi connectivity index (χ4v) is 4.59. The molecule has 0 fully saturated rings. The predicted octanol–water partition coefficient (Wildman–Crippen LogP) is 4.80. The number of rotatable bonds is 7. The van der Waals surface area contributed by atoms with Crippen LogP contribution in [0.15, 0.2) is 83.7 Å². The fraction of sp³-hybridized carbons (Fsp3) is 0.154. The number of aromatic nitrogens is 3. The number of para-hydroxylation sites is 1. The lowest BCUT2D eigenvalue weighted by molar-refractivity contribution is 0.0938. The van der Waals surface area contributed by atoms with Gasteiger partial charge in [-0.2, -0.15) is 4.52 Å². The number of nitrogens with zero attached hydrogens (tertiary/aromatic N) is 3. The normalized spacial score (nSPS) is 12.0. The van der Waals surface area contributed by atoms with Gasteiger partial charge < -0.3 is 10.6 Å². The number of nitrogens with one attached hydrogen (secondary N) is 2. The number of fused-ring (bicyclic) bond motifs is 2. The number of carbonyl (C=O) groups excluding carboxylic acids is 1. The minimum atomic E-state index is -0.206. The predicted molar refractivity (Wildman–Crippen MR) is 136 cm³/mol. The first-order valence-electron chi connectivity index (χ1n) is 11.1. The van der Waals surface area contributed by atoms with Crippen LogP contribution >= 0.6 is 11.3 Å². The molecule has 0 bridgehead atoms. The van der Waals surface area contributed by atoms with Crippen LogP contribution in [-0.2, 0) is 6.42 Å². The molecule has 5 rings (SSSR count). The Kier molecular flexibility index (Phi) is 6.05. The zero-order valence-corrected chi connectivity index (χ0v) is 19.4. The number of aryl methyl sites for hydroxylation is 1. The fourth-order valence-electron chi connectivity index (χ4n) is 3.77. The van der Waals surface area contributed by atoms with E-state index in [1.54, 1.807) is 18.2 Å². The molecule has 0 aliphatic carbocycles. The summed E-state index contributed by atoms with van der Waals surface area (Å²) in [7, 11) is 0. The first kappa shape index (κ1) is 21.8. The SMILES string of the molecule is C[C@H](CCc1ccccc1)NC(=O)c1cccc(Nc2nn3c(=O)c4ccccc4nc3s2)c1. The Bertz CT molecular complexity index is 1530. The Morgan fingerprint density at radius 3 is 2.68 bits per heavy atom. The Morgan fingerprint density at radius 1 is 1.03 bits per heavy atom. The third-order valence-corrected chi connectivity index (χ3v) is 6.39. The highest BCUT2D eigenvalue weighted by Crippen LogP contribution is 2.23. The summed E-state index contributed by atoms with van der Waals surface area (Å²) in [5, 5.41) is 11.7. The lowest BCUT2D eigenvalue weighted by Crippen LogP contribution is -2.32. The lowest BCUT2D eigenvalue weighted by Gasteiger charge is -2.14. The van der Waals surface area contributed by atoms with Gasteiger partial charge in [0.25, 0.3) is 11.5 Å². The number of benzene rings is 3. The van der Waals surface area contributed by atoms with Crippen molar-refractivity contribution in [1.82, 2.24) is 19.9 Å². The monoisotopic (exact) mass is 469 g/mol. The van der Waals surface area contributed by atoms with Crippen LogP contribution in [0.4, 0.5) is 10.8 Å². The van der Waals surface area contributed by atoms with Gasteiger partial charge in [0.15, 0.2) is 0 Å². The molecule has 0 radical (unpaired) electrons. The van der Waals surface area contributed by atoms with Crippen LogP contribution < -0.4 is 16.2 Å². The standard InChI is InChI=1S/C26H23N5O2S/c1-17(14-15-18-8-3-2-4-9-18)27-23(32)19-10-7-11-20(16-19)28-25-30-31-24(33)21-12-5-6-13-22(21)29-26(31)34-25/h2-13,16-17H,14-15H2,1H3,(H,27,32)(H,28,30)/t17-/m1/s1. The van der Waals surface area contributed by atoms with Gasteiger partial charge in [-0.25, -0.2) is 4.98 Å². The highest BCUT2D eigenvalue weighted by Gasteiger charge is 2.13. The van der Waals surface area contributed by atoms with Crippen molar-refractivity contribution in [2.45, 2.75) is 25.8 Å². The Balaban J connectivity index is 1.28. The van der Waals surface area contributed by atoms with E-state index in [9.17, 15) is 9.59 Å². The van der Waals surface area contributed by atoms with E-state index in [-0.39, 0.29) is 17.5 Å². The van der Waals surface area contributed by atoms with E-state index in [1.807, 2.05) is 55.5 Å². The number of hydrogen-bond donors (Lipinski definition) is 2. The molecule has 5 aromatic rings.